The summed E-state index contributed by atoms with van der Waals surface area (Å²) in [7, 11) is 0. The van der Waals surface area contributed by atoms with E-state index in [9.17, 15) is 9.18 Å². The second-order valence-corrected chi connectivity index (χ2v) is 9.23. The van der Waals surface area contributed by atoms with Gasteiger partial charge in [0.2, 0.25) is 5.91 Å². The van der Waals surface area contributed by atoms with Crippen LogP contribution < -0.4 is 10.1 Å². The van der Waals surface area contributed by atoms with Gasteiger partial charge in [0.15, 0.2) is 22.5 Å². The molecular formula is C27H25FN4O2S. The minimum Gasteiger partial charge on any atom is -0.483 e. The second kappa shape index (κ2) is 10.7. The van der Waals surface area contributed by atoms with E-state index in [1.54, 1.807) is 18.2 Å². The third kappa shape index (κ3) is 5.38. The molecule has 35 heavy (non-hydrogen) atoms. The highest BCUT2D eigenvalue weighted by atomic mass is 32.2. The fraction of sp³-hybridized carbons (Fsp3) is 0.222. The summed E-state index contributed by atoms with van der Waals surface area (Å²) in [6.45, 7) is 0.0362. The van der Waals surface area contributed by atoms with E-state index < -0.39 is 5.82 Å². The third-order valence-corrected chi connectivity index (χ3v) is 6.87. The molecule has 1 amide bonds. The number of ether oxygens (including phenoxy) is 1. The number of hydrogen-bond acceptors (Lipinski definition) is 5. The summed E-state index contributed by atoms with van der Waals surface area (Å²) in [5, 5.41) is 12.3. The molecule has 8 heteroatoms. The molecule has 1 aromatic heterocycles. The van der Waals surface area contributed by atoms with Crippen molar-refractivity contribution in [2.24, 2.45) is 0 Å². The number of thioether (sulfide) groups is 1. The topological polar surface area (TPSA) is 69.0 Å². The van der Waals surface area contributed by atoms with Gasteiger partial charge in [0.1, 0.15) is 6.61 Å². The predicted molar refractivity (Wildman–Crippen MR) is 133 cm³/mol. The first kappa shape index (κ1) is 23.1. The molecule has 0 radical (unpaired) electrons. The Labute approximate surface area is 207 Å². The summed E-state index contributed by atoms with van der Waals surface area (Å²) >= 11 is 1.31. The largest absolute Gasteiger partial charge is 0.483 e. The Bertz CT molecular complexity index is 1310. The van der Waals surface area contributed by atoms with Crippen LogP contribution in [0.25, 0.3) is 5.69 Å². The number of nitrogens with one attached hydrogen (secondary N) is 1. The Morgan fingerprint density at radius 1 is 1.03 bits per heavy atom. The molecule has 0 saturated carbocycles. The van der Waals surface area contributed by atoms with Crippen molar-refractivity contribution in [1.29, 1.82) is 0 Å². The molecule has 0 aliphatic heterocycles. The van der Waals surface area contributed by atoms with E-state index in [0.717, 1.165) is 24.9 Å². The summed E-state index contributed by atoms with van der Waals surface area (Å²) in [4.78, 5) is 12.8. The van der Waals surface area contributed by atoms with Crippen molar-refractivity contribution in [2.45, 2.75) is 37.1 Å². The number of rotatable bonds is 8. The molecule has 4 aromatic rings. The maximum Gasteiger partial charge on any atom is 0.230 e. The van der Waals surface area contributed by atoms with E-state index in [2.05, 4.69) is 27.6 Å². The van der Waals surface area contributed by atoms with Crippen LogP contribution in [0.15, 0.2) is 84.0 Å². The molecule has 1 heterocycles. The molecule has 3 aromatic carbocycles. The Hall–Kier alpha value is -3.65. The lowest BCUT2D eigenvalue weighted by atomic mass is 9.88. The van der Waals surface area contributed by atoms with E-state index in [1.165, 1.54) is 29.0 Å². The normalized spacial score (nSPS) is 14.8. The molecule has 0 fully saturated rings. The predicted octanol–water partition coefficient (Wildman–Crippen LogP) is 5.27. The molecule has 6 nitrogen and oxygen atoms in total. The summed E-state index contributed by atoms with van der Waals surface area (Å²) in [5.41, 5.74) is 3.35. The highest BCUT2D eigenvalue weighted by Crippen LogP contribution is 2.30. The molecule has 0 saturated heterocycles. The molecule has 0 spiro atoms. The lowest BCUT2D eigenvalue weighted by Crippen LogP contribution is -2.32. The maximum atomic E-state index is 14.0. The van der Waals surface area contributed by atoms with Gasteiger partial charge in [-0.25, -0.2) is 4.39 Å². The summed E-state index contributed by atoms with van der Waals surface area (Å²) in [5.74, 6) is 0.384. The fourth-order valence-electron chi connectivity index (χ4n) is 4.30. The summed E-state index contributed by atoms with van der Waals surface area (Å²) < 4.78 is 21.5. The Morgan fingerprint density at radius 3 is 2.66 bits per heavy atom. The van der Waals surface area contributed by atoms with Gasteiger partial charge in [-0.05, 0) is 54.7 Å². The van der Waals surface area contributed by atoms with E-state index >= 15 is 0 Å². The number of carbonyl (C=O) groups is 1. The smallest absolute Gasteiger partial charge is 0.230 e. The Morgan fingerprint density at radius 2 is 1.80 bits per heavy atom. The van der Waals surface area contributed by atoms with Crippen molar-refractivity contribution < 1.29 is 13.9 Å². The van der Waals surface area contributed by atoms with Gasteiger partial charge in [-0.3, -0.25) is 9.36 Å². The number of amides is 1. The molecule has 0 bridgehead atoms. The van der Waals surface area contributed by atoms with Gasteiger partial charge in [0.25, 0.3) is 0 Å². The number of aryl methyl sites for hydroxylation is 1. The van der Waals surface area contributed by atoms with Crippen LogP contribution in [0.4, 0.5) is 4.39 Å². The van der Waals surface area contributed by atoms with Gasteiger partial charge in [0, 0.05) is 5.69 Å². The number of aromatic nitrogens is 3. The van der Waals surface area contributed by atoms with Crippen molar-refractivity contribution in [3.8, 4) is 11.4 Å². The molecule has 1 atom stereocenters. The standard InChI is InChI=1S/C27H25FN4O2S/c28-22-14-6-7-16-24(22)34-17-25-30-31-27(32(25)20-11-2-1-3-12-20)35-18-26(33)29-23-15-8-10-19-9-4-5-13-21(19)23/h1-7,9,11-14,16,23H,8,10,15,17-18H2,(H,29,33)/t23-/m1/s1. The first-order chi connectivity index (χ1) is 17.2. The van der Waals surface area contributed by atoms with Crippen molar-refractivity contribution >= 4 is 17.7 Å². The number of carbonyl (C=O) groups excluding carboxylic acids is 1. The first-order valence-electron chi connectivity index (χ1n) is 11.6. The van der Waals surface area contributed by atoms with Crippen molar-refractivity contribution in [3.05, 3.63) is 102 Å². The number of halogens is 1. The van der Waals surface area contributed by atoms with E-state index in [1.807, 2.05) is 47.0 Å². The SMILES string of the molecule is O=C(CSc1nnc(COc2ccccc2F)n1-c1ccccc1)N[C@@H]1CCCc2ccccc21. The van der Waals surface area contributed by atoms with E-state index in [4.69, 9.17) is 4.74 Å². The van der Waals surface area contributed by atoms with Crippen molar-refractivity contribution in [2.75, 3.05) is 5.75 Å². The van der Waals surface area contributed by atoms with Gasteiger partial charge >= 0.3 is 0 Å². The minimum atomic E-state index is -0.436. The zero-order valence-corrected chi connectivity index (χ0v) is 19.9. The van der Waals surface area contributed by atoms with Crippen LogP contribution in [0.3, 0.4) is 0 Å². The van der Waals surface area contributed by atoms with Gasteiger partial charge in [-0.1, -0.05) is 66.4 Å². The number of para-hydroxylation sites is 2. The average molecular weight is 489 g/mol. The van der Waals surface area contributed by atoms with Crippen LogP contribution in [-0.2, 0) is 17.8 Å². The summed E-state index contributed by atoms with van der Waals surface area (Å²) in [6, 6.07) is 24.2. The quantitative estimate of drug-likeness (QED) is 0.342. The van der Waals surface area contributed by atoms with Crippen LogP contribution in [0.5, 0.6) is 5.75 Å². The molecule has 5 rings (SSSR count). The van der Waals surface area contributed by atoms with Gasteiger partial charge in [-0.15, -0.1) is 10.2 Å². The van der Waals surface area contributed by atoms with Crippen LogP contribution in [-0.4, -0.2) is 26.4 Å². The zero-order chi connectivity index (χ0) is 24.0. The van der Waals surface area contributed by atoms with Gasteiger partial charge in [-0.2, -0.15) is 0 Å². The van der Waals surface area contributed by atoms with Gasteiger partial charge < -0.3 is 10.1 Å². The lowest BCUT2D eigenvalue weighted by molar-refractivity contribution is -0.119. The number of hydrogen-bond donors (Lipinski definition) is 1. The molecule has 1 aliphatic carbocycles. The number of benzene rings is 3. The van der Waals surface area contributed by atoms with Crippen LogP contribution >= 0.6 is 11.8 Å². The van der Waals surface area contributed by atoms with E-state index in [-0.39, 0.29) is 30.1 Å². The third-order valence-electron chi connectivity index (χ3n) is 5.95. The zero-order valence-electron chi connectivity index (χ0n) is 19.1. The average Bonchev–Trinajstić information content (AvgIpc) is 3.30. The van der Waals surface area contributed by atoms with Crippen LogP contribution in [0.2, 0.25) is 0 Å². The molecule has 0 unspecified atom stereocenters. The summed E-state index contributed by atoms with van der Waals surface area (Å²) in [6.07, 6.45) is 3.04. The Kier molecular flexibility index (Phi) is 7.09. The molecular weight excluding hydrogens is 463 g/mol. The highest BCUT2D eigenvalue weighted by Gasteiger charge is 2.22. The van der Waals surface area contributed by atoms with E-state index in [0.29, 0.717) is 11.0 Å². The number of nitrogens with zero attached hydrogens (tertiary/aromatic N) is 3. The second-order valence-electron chi connectivity index (χ2n) is 8.29. The Balaban J connectivity index is 1.30. The number of fused-ring (bicyclic) bond motifs is 1. The molecule has 178 valence electrons. The van der Waals surface area contributed by atoms with Crippen molar-refractivity contribution in [3.63, 3.8) is 0 Å². The van der Waals surface area contributed by atoms with Crippen molar-refractivity contribution in [1.82, 2.24) is 20.1 Å². The van der Waals surface area contributed by atoms with Gasteiger partial charge in [0.05, 0.1) is 11.8 Å². The van der Waals surface area contributed by atoms with Crippen LogP contribution in [0.1, 0.15) is 35.8 Å². The maximum absolute atomic E-state index is 14.0. The molecule has 1 N–H and O–H groups in total. The molecule has 1 aliphatic rings. The first-order valence-corrected chi connectivity index (χ1v) is 12.5. The highest BCUT2D eigenvalue weighted by molar-refractivity contribution is 7.99. The lowest BCUT2D eigenvalue weighted by Gasteiger charge is -2.26. The fourth-order valence-corrected chi connectivity index (χ4v) is 5.08. The minimum absolute atomic E-state index is 0.0322. The van der Waals surface area contributed by atoms with Crippen LogP contribution in [0, 0.1) is 5.82 Å². The monoisotopic (exact) mass is 488 g/mol.